The molecule has 0 amide bonds. The molecule has 6 heteroatoms. The third kappa shape index (κ3) is 7.02. The fourth-order valence-electron chi connectivity index (χ4n) is 7.89. The molecule has 0 N–H and O–H groups in total. The minimum atomic E-state index is 0.686. The van der Waals surface area contributed by atoms with Gasteiger partial charge < -0.3 is 4.42 Å². The number of hydrogen-bond donors (Lipinski definition) is 0. The molecular weight excluding hydrogens is 747 g/mol. The lowest BCUT2D eigenvalue weighted by Crippen LogP contribution is -1.96. The Hall–Kier alpha value is -8.35. The van der Waals surface area contributed by atoms with Crippen LogP contribution in [0, 0.1) is 0 Å². The van der Waals surface area contributed by atoms with Gasteiger partial charge in [-0.2, -0.15) is 0 Å². The van der Waals surface area contributed by atoms with E-state index in [1.807, 2.05) is 109 Å². The summed E-state index contributed by atoms with van der Waals surface area (Å²) < 4.78 is 6.41. The topological polar surface area (TPSA) is 77.6 Å². The van der Waals surface area contributed by atoms with Crippen molar-refractivity contribution in [1.29, 1.82) is 0 Å². The van der Waals surface area contributed by atoms with Crippen molar-refractivity contribution in [3.05, 3.63) is 212 Å². The van der Waals surface area contributed by atoms with Crippen molar-refractivity contribution in [2.24, 2.45) is 0 Å². The quantitative estimate of drug-likeness (QED) is 0.153. The fraction of sp³-hybridized carbons (Fsp3) is 0. The maximum atomic E-state index is 6.41. The Morgan fingerprint density at radius 1 is 0.295 bits per heavy atom. The second kappa shape index (κ2) is 15.4. The first-order valence-corrected chi connectivity index (χ1v) is 20.2. The number of benzene rings is 7. The van der Waals surface area contributed by atoms with E-state index in [0.29, 0.717) is 11.6 Å². The molecule has 0 aliphatic heterocycles. The molecule has 0 radical (unpaired) electrons. The number of nitrogens with zero attached hydrogens (tertiary/aromatic N) is 5. The van der Waals surface area contributed by atoms with E-state index in [1.54, 1.807) is 0 Å². The van der Waals surface area contributed by atoms with Gasteiger partial charge in [-0.25, -0.2) is 19.9 Å². The van der Waals surface area contributed by atoms with E-state index in [0.717, 1.165) is 100 Å². The molecular formula is C55H35N5O. The van der Waals surface area contributed by atoms with Gasteiger partial charge in [-0.1, -0.05) is 176 Å². The van der Waals surface area contributed by atoms with Gasteiger partial charge in [0.2, 0.25) is 0 Å². The molecule has 0 saturated heterocycles. The first kappa shape index (κ1) is 35.8. The van der Waals surface area contributed by atoms with Gasteiger partial charge in [0.1, 0.15) is 11.2 Å². The van der Waals surface area contributed by atoms with Crippen LogP contribution < -0.4 is 0 Å². The molecule has 0 aliphatic rings. The largest absolute Gasteiger partial charge is 0.456 e. The summed E-state index contributed by atoms with van der Waals surface area (Å²) in [5.41, 5.74) is 15.1. The first-order valence-electron chi connectivity index (χ1n) is 20.2. The van der Waals surface area contributed by atoms with Crippen molar-refractivity contribution in [3.63, 3.8) is 0 Å². The molecule has 11 aromatic rings. The van der Waals surface area contributed by atoms with Crippen molar-refractivity contribution >= 4 is 21.9 Å². The van der Waals surface area contributed by atoms with Crippen molar-refractivity contribution in [2.75, 3.05) is 0 Å². The molecule has 4 heterocycles. The molecule has 0 spiro atoms. The van der Waals surface area contributed by atoms with Crippen LogP contribution in [0.1, 0.15) is 0 Å². The van der Waals surface area contributed by atoms with Crippen LogP contribution in [0.3, 0.4) is 0 Å². The Bertz CT molecular complexity index is 3200. The van der Waals surface area contributed by atoms with Crippen LogP contribution in [0.15, 0.2) is 217 Å². The number of furan rings is 1. The van der Waals surface area contributed by atoms with Crippen LogP contribution >= 0.6 is 0 Å². The lowest BCUT2D eigenvalue weighted by atomic mass is 9.98. The summed E-state index contributed by atoms with van der Waals surface area (Å²) in [5, 5.41) is 1.99. The molecule has 0 aliphatic carbocycles. The summed E-state index contributed by atoms with van der Waals surface area (Å²) in [6.45, 7) is 0. The lowest BCUT2D eigenvalue weighted by molar-refractivity contribution is 0.668. The Kier molecular flexibility index (Phi) is 9.06. The highest BCUT2D eigenvalue weighted by molar-refractivity contribution is 6.12. The van der Waals surface area contributed by atoms with E-state index in [4.69, 9.17) is 29.3 Å². The van der Waals surface area contributed by atoms with E-state index < -0.39 is 0 Å². The van der Waals surface area contributed by atoms with E-state index in [-0.39, 0.29) is 0 Å². The molecule has 61 heavy (non-hydrogen) atoms. The summed E-state index contributed by atoms with van der Waals surface area (Å²) in [6.07, 6.45) is 1.82. The number of hydrogen-bond acceptors (Lipinski definition) is 6. The predicted octanol–water partition coefficient (Wildman–Crippen LogP) is 13.9. The summed E-state index contributed by atoms with van der Waals surface area (Å²) in [7, 11) is 0. The molecule has 6 nitrogen and oxygen atoms in total. The minimum Gasteiger partial charge on any atom is -0.456 e. The van der Waals surface area contributed by atoms with E-state index in [1.165, 1.54) is 0 Å². The van der Waals surface area contributed by atoms with Gasteiger partial charge in [0.15, 0.2) is 11.6 Å². The van der Waals surface area contributed by atoms with Gasteiger partial charge in [0, 0.05) is 50.5 Å². The Morgan fingerprint density at radius 2 is 0.689 bits per heavy atom. The van der Waals surface area contributed by atoms with Crippen LogP contribution in [0.5, 0.6) is 0 Å². The second-order valence-corrected chi connectivity index (χ2v) is 14.9. The molecule has 0 bridgehead atoms. The zero-order chi connectivity index (χ0) is 40.5. The van der Waals surface area contributed by atoms with Gasteiger partial charge in [-0.3, -0.25) is 4.98 Å². The summed E-state index contributed by atoms with van der Waals surface area (Å²) >= 11 is 0. The van der Waals surface area contributed by atoms with Gasteiger partial charge >= 0.3 is 0 Å². The predicted molar refractivity (Wildman–Crippen MR) is 246 cm³/mol. The molecule has 286 valence electrons. The van der Waals surface area contributed by atoms with Gasteiger partial charge in [0.25, 0.3) is 0 Å². The summed E-state index contributed by atoms with van der Waals surface area (Å²) in [4.78, 5) is 24.9. The Morgan fingerprint density at radius 3 is 1.16 bits per heavy atom. The minimum absolute atomic E-state index is 0.686. The molecule has 11 rings (SSSR count). The molecule has 4 aromatic heterocycles. The molecule has 0 fully saturated rings. The SMILES string of the molecule is c1ccc(-c2cc(-c3ccc(-c4ccc5oc6ccnc(-c7ccc(-c8cc(-c9ccccc9)nc(-c9ccccc9)n8)cc7)c6c5c4)cc3)nc(-c3ccccc3)n2)cc1. The first-order chi connectivity index (χ1) is 30.2. The van der Waals surface area contributed by atoms with Crippen LogP contribution in [-0.4, -0.2) is 24.9 Å². The van der Waals surface area contributed by atoms with E-state index in [9.17, 15) is 0 Å². The van der Waals surface area contributed by atoms with Crippen molar-refractivity contribution in [2.45, 2.75) is 0 Å². The monoisotopic (exact) mass is 781 g/mol. The third-order valence-electron chi connectivity index (χ3n) is 11.0. The molecule has 7 aromatic carbocycles. The highest BCUT2D eigenvalue weighted by atomic mass is 16.3. The lowest BCUT2D eigenvalue weighted by Gasteiger charge is -2.10. The average Bonchev–Trinajstić information content (AvgIpc) is 3.73. The van der Waals surface area contributed by atoms with Crippen molar-refractivity contribution in [1.82, 2.24) is 24.9 Å². The smallest absolute Gasteiger partial charge is 0.160 e. The zero-order valence-corrected chi connectivity index (χ0v) is 32.9. The maximum absolute atomic E-state index is 6.41. The van der Waals surface area contributed by atoms with Crippen molar-refractivity contribution < 1.29 is 4.42 Å². The number of fused-ring (bicyclic) bond motifs is 3. The van der Waals surface area contributed by atoms with Gasteiger partial charge in [0.05, 0.1) is 33.9 Å². The summed E-state index contributed by atoms with van der Waals surface area (Å²) in [6, 6.07) is 70.2. The Balaban J connectivity index is 0.937. The highest BCUT2D eigenvalue weighted by Crippen LogP contribution is 2.39. The van der Waals surface area contributed by atoms with Crippen LogP contribution in [-0.2, 0) is 0 Å². The Labute approximate surface area is 352 Å². The average molecular weight is 782 g/mol. The number of aromatic nitrogens is 5. The molecule has 0 saturated carbocycles. The van der Waals surface area contributed by atoms with Gasteiger partial charge in [-0.05, 0) is 41.5 Å². The zero-order valence-electron chi connectivity index (χ0n) is 32.9. The maximum Gasteiger partial charge on any atom is 0.160 e. The number of rotatable bonds is 8. The highest BCUT2D eigenvalue weighted by Gasteiger charge is 2.17. The normalized spacial score (nSPS) is 11.3. The van der Waals surface area contributed by atoms with Crippen LogP contribution in [0.2, 0.25) is 0 Å². The molecule has 0 unspecified atom stereocenters. The van der Waals surface area contributed by atoms with Crippen LogP contribution in [0.4, 0.5) is 0 Å². The third-order valence-corrected chi connectivity index (χ3v) is 11.0. The van der Waals surface area contributed by atoms with Crippen LogP contribution in [0.25, 0.3) is 112 Å². The van der Waals surface area contributed by atoms with Crippen molar-refractivity contribution in [3.8, 4) is 90.2 Å². The van der Waals surface area contributed by atoms with E-state index in [2.05, 4.69) is 103 Å². The number of pyridine rings is 1. The standard InChI is InChI=1S/C55H35N5O/c1-5-13-37(14-6-1)46-34-48(59-54(57-46)42-17-9-3-10-18-42)39-23-21-36(22-24-39)44-29-30-50-45(33-44)52-51(61-50)31-32-56-53(52)41-27-25-40(26-28-41)49-35-47(38-15-7-2-8-16-38)58-55(60-49)43-19-11-4-12-20-43/h1-35H. The fourth-order valence-corrected chi connectivity index (χ4v) is 7.89. The van der Waals surface area contributed by atoms with Gasteiger partial charge in [-0.15, -0.1) is 0 Å². The summed E-state index contributed by atoms with van der Waals surface area (Å²) in [5.74, 6) is 1.38. The van der Waals surface area contributed by atoms with E-state index >= 15 is 0 Å². The molecule has 0 atom stereocenters. The second-order valence-electron chi connectivity index (χ2n) is 14.9.